The van der Waals surface area contributed by atoms with Gasteiger partial charge in [0.05, 0.1) is 13.7 Å². The Hall–Kier alpha value is -2.77. The molecule has 8 heteroatoms. The summed E-state index contributed by atoms with van der Waals surface area (Å²) in [7, 11) is 1.57. The van der Waals surface area contributed by atoms with Gasteiger partial charge in [-0.25, -0.2) is 0 Å². The number of nitrogens with zero attached hydrogens (tertiary/aromatic N) is 1. The second-order valence-corrected chi connectivity index (χ2v) is 5.80. The molecule has 1 saturated heterocycles. The van der Waals surface area contributed by atoms with E-state index in [1.165, 1.54) is 0 Å². The maximum absolute atomic E-state index is 12.1. The molecule has 1 aliphatic heterocycles. The van der Waals surface area contributed by atoms with Crippen molar-refractivity contribution in [3.63, 3.8) is 0 Å². The molecule has 0 unspecified atom stereocenters. The molecule has 2 rings (SSSR count). The van der Waals surface area contributed by atoms with Gasteiger partial charge in [0, 0.05) is 19.0 Å². The minimum Gasteiger partial charge on any atom is -0.497 e. The van der Waals surface area contributed by atoms with Gasteiger partial charge in [-0.2, -0.15) is 0 Å². The topological polar surface area (TPSA) is 111 Å². The molecular formula is C17H23N3O5. The third-order valence-corrected chi connectivity index (χ3v) is 4.12. The third-order valence-electron chi connectivity index (χ3n) is 4.12. The van der Waals surface area contributed by atoms with E-state index in [4.69, 9.17) is 15.2 Å². The van der Waals surface area contributed by atoms with Gasteiger partial charge in [0.15, 0.2) is 6.61 Å². The Kier molecular flexibility index (Phi) is 6.62. The summed E-state index contributed by atoms with van der Waals surface area (Å²) in [6.45, 7) is 0.685. The van der Waals surface area contributed by atoms with E-state index in [0.29, 0.717) is 37.4 Å². The quantitative estimate of drug-likeness (QED) is 0.715. The van der Waals surface area contributed by atoms with Crippen LogP contribution in [0.5, 0.6) is 11.5 Å². The standard InChI is InChI=1S/C17H23N3O5/c1-24-13-2-4-14(5-3-13)25-11-15(21)19-10-16(22)20-8-6-12(7-9-20)17(18)23/h2-5,12H,6-11H2,1H3,(H2,18,23)(H,19,21). The van der Waals surface area contributed by atoms with Gasteiger partial charge in [-0.3, -0.25) is 14.4 Å². The fourth-order valence-electron chi connectivity index (χ4n) is 2.57. The van der Waals surface area contributed by atoms with E-state index in [9.17, 15) is 14.4 Å². The number of piperidine rings is 1. The van der Waals surface area contributed by atoms with Crippen LogP contribution >= 0.6 is 0 Å². The summed E-state index contributed by atoms with van der Waals surface area (Å²) in [6.07, 6.45) is 1.13. The first kappa shape index (κ1) is 18.6. The van der Waals surface area contributed by atoms with E-state index >= 15 is 0 Å². The number of carbonyl (C=O) groups is 3. The summed E-state index contributed by atoms with van der Waals surface area (Å²) in [5.41, 5.74) is 5.26. The van der Waals surface area contributed by atoms with E-state index in [2.05, 4.69) is 5.32 Å². The van der Waals surface area contributed by atoms with Crippen LogP contribution in [0.3, 0.4) is 0 Å². The number of hydrogen-bond donors (Lipinski definition) is 2. The van der Waals surface area contributed by atoms with E-state index in [1.807, 2.05) is 0 Å². The van der Waals surface area contributed by atoms with Crippen molar-refractivity contribution in [2.75, 3.05) is 33.4 Å². The van der Waals surface area contributed by atoms with Crippen molar-refractivity contribution in [1.29, 1.82) is 0 Å². The Bertz CT molecular complexity index is 609. The molecule has 3 N–H and O–H groups in total. The van der Waals surface area contributed by atoms with Crippen molar-refractivity contribution in [2.45, 2.75) is 12.8 Å². The number of amides is 3. The number of ether oxygens (including phenoxy) is 2. The van der Waals surface area contributed by atoms with Crippen LogP contribution in [0.25, 0.3) is 0 Å². The van der Waals surface area contributed by atoms with Crippen molar-refractivity contribution in [1.82, 2.24) is 10.2 Å². The van der Waals surface area contributed by atoms with Crippen LogP contribution < -0.4 is 20.5 Å². The zero-order valence-electron chi connectivity index (χ0n) is 14.2. The molecule has 1 aromatic rings. The van der Waals surface area contributed by atoms with Gasteiger partial charge in [-0.15, -0.1) is 0 Å². The summed E-state index contributed by atoms with van der Waals surface area (Å²) < 4.78 is 10.4. The lowest BCUT2D eigenvalue weighted by molar-refractivity contribution is -0.135. The molecule has 25 heavy (non-hydrogen) atoms. The number of benzene rings is 1. The summed E-state index contributed by atoms with van der Waals surface area (Å²) in [4.78, 5) is 36.6. The van der Waals surface area contributed by atoms with Crippen LogP contribution in [0.2, 0.25) is 0 Å². The molecule has 0 spiro atoms. The fraction of sp³-hybridized carbons (Fsp3) is 0.471. The van der Waals surface area contributed by atoms with Gasteiger partial charge in [-0.1, -0.05) is 0 Å². The number of rotatable bonds is 7. The minimum absolute atomic E-state index is 0.0912. The molecule has 0 aliphatic carbocycles. The zero-order chi connectivity index (χ0) is 18.2. The van der Waals surface area contributed by atoms with Crippen molar-refractivity contribution >= 4 is 17.7 Å². The molecule has 1 fully saturated rings. The first-order valence-corrected chi connectivity index (χ1v) is 8.10. The molecule has 0 saturated carbocycles. The molecule has 1 heterocycles. The third kappa shape index (κ3) is 5.66. The number of nitrogens with one attached hydrogen (secondary N) is 1. The lowest BCUT2D eigenvalue weighted by Crippen LogP contribution is -2.46. The molecule has 0 atom stereocenters. The van der Waals surface area contributed by atoms with E-state index < -0.39 is 0 Å². The smallest absolute Gasteiger partial charge is 0.258 e. The summed E-state index contributed by atoms with van der Waals surface area (Å²) in [6, 6.07) is 6.85. The van der Waals surface area contributed by atoms with Crippen molar-refractivity contribution in [3.8, 4) is 11.5 Å². The Morgan fingerprint density at radius 1 is 1.16 bits per heavy atom. The molecule has 8 nitrogen and oxygen atoms in total. The highest BCUT2D eigenvalue weighted by Crippen LogP contribution is 2.17. The average Bonchev–Trinajstić information content (AvgIpc) is 2.64. The molecule has 3 amide bonds. The van der Waals surface area contributed by atoms with Gasteiger partial charge in [0.25, 0.3) is 5.91 Å². The number of likely N-dealkylation sites (tertiary alicyclic amines) is 1. The van der Waals surface area contributed by atoms with E-state index in [-0.39, 0.29) is 36.8 Å². The number of primary amides is 1. The van der Waals surface area contributed by atoms with Crippen LogP contribution in [0.4, 0.5) is 0 Å². The maximum Gasteiger partial charge on any atom is 0.258 e. The lowest BCUT2D eigenvalue weighted by Gasteiger charge is -2.30. The zero-order valence-corrected chi connectivity index (χ0v) is 14.2. The molecule has 1 aliphatic rings. The summed E-state index contributed by atoms with van der Waals surface area (Å²) >= 11 is 0. The first-order chi connectivity index (χ1) is 12.0. The van der Waals surface area contributed by atoms with Crippen molar-refractivity contribution < 1.29 is 23.9 Å². The van der Waals surface area contributed by atoms with Gasteiger partial charge in [-0.05, 0) is 37.1 Å². The fourth-order valence-corrected chi connectivity index (χ4v) is 2.57. The Morgan fingerprint density at radius 3 is 2.32 bits per heavy atom. The van der Waals surface area contributed by atoms with Gasteiger partial charge in [0.2, 0.25) is 11.8 Å². The predicted octanol–water partition coefficient (Wildman–Crippen LogP) is -0.0859. The second kappa shape index (κ2) is 8.91. The van der Waals surface area contributed by atoms with Gasteiger partial charge >= 0.3 is 0 Å². The predicted molar refractivity (Wildman–Crippen MR) is 90.0 cm³/mol. The summed E-state index contributed by atoms with van der Waals surface area (Å²) in [5, 5.41) is 2.54. The van der Waals surface area contributed by atoms with Crippen molar-refractivity contribution in [3.05, 3.63) is 24.3 Å². The largest absolute Gasteiger partial charge is 0.497 e. The van der Waals surface area contributed by atoms with Crippen LogP contribution in [0.15, 0.2) is 24.3 Å². The van der Waals surface area contributed by atoms with Gasteiger partial charge in [0.1, 0.15) is 11.5 Å². The highest BCUT2D eigenvalue weighted by atomic mass is 16.5. The minimum atomic E-state index is -0.379. The second-order valence-electron chi connectivity index (χ2n) is 5.80. The number of methoxy groups -OCH3 is 1. The Balaban J connectivity index is 1.67. The average molecular weight is 349 g/mol. The molecule has 0 bridgehead atoms. The van der Waals surface area contributed by atoms with Crippen LogP contribution in [-0.2, 0) is 14.4 Å². The van der Waals surface area contributed by atoms with Crippen LogP contribution in [0, 0.1) is 5.92 Å². The van der Waals surface area contributed by atoms with Crippen molar-refractivity contribution in [2.24, 2.45) is 11.7 Å². The maximum atomic E-state index is 12.1. The number of nitrogens with two attached hydrogens (primary N) is 1. The summed E-state index contributed by atoms with van der Waals surface area (Å²) in [5.74, 6) is 0.183. The monoisotopic (exact) mass is 349 g/mol. The molecular weight excluding hydrogens is 326 g/mol. The molecule has 0 radical (unpaired) electrons. The SMILES string of the molecule is COc1ccc(OCC(=O)NCC(=O)N2CCC(C(N)=O)CC2)cc1. The Morgan fingerprint density at radius 2 is 1.76 bits per heavy atom. The number of hydrogen-bond acceptors (Lipinski definition) is 5. The number of carbonyl (C=O) groups excluding carboxylic acids is 3. The van der Waals surface area contributed by atoms with E-state index in [0.717, 1.165) is 0 Å². The molecule has 1 aromatic carbocycles. The normalized spacial score (nSPS) is 14.7. The Labute approximate surface area is 146 Å². The molecule has 136 valence electrons. The van der Waals surface area contributed by atoms with Crippen LogP contribution in [-0.4, -0.2) is 56.0 Å². The van der Waals surface area contributed by atoms with Crippen LogP contribution in [0.1, 0.15) is 12.8 Å². The van der Waals surface area contributed by atoms with Gasteiger partial charge < -0.3 is 25.4 Å². The molecule has 0 aromatic heterocycles. The highest BCUT2D eigenvalue weighted by molar-refractivity contribution is 5.85. The lowest BCUT2D eigenvalue weighted by atomic mass is 9.96. The van der Waals surface area contributed by atoms with E-state index in [1.54, 1.807) is 36.3 Å². The first-order valence-electron chi connectivity index (χ1n) is 8.10. The highest BCUT2D eigenvalue weighted by Gasteiger charge is 2.25.